The molecule has 0 aliphatic carbocycles. The first kappa shape index (κ1) is 11.9. The lowest BCUT2D eigenvalue weighted by atomic mass is 9.96. The smallest absolute Gasteiger partial charge is 0.232 e. The van der Waals surface area contributed by atoms with E-state index in [0.29, 0.717) is 12.5 Å². The van der Waals surface area contributed by atoms with Crippen LogP contribution in [0.2, 0.25) is 0 Å². The van der Waals surface area contributed by atoms with Crippen molar-refractivity contribution in [1.29, 1.82) is 0 Å². The molecule has 1 aliphatic rings. The number of ether oxygens (including phenoxy) is 2. The van der Waals surface area contributed by atoms with Crippen LogP contribution in [-0.4, -0.2) is 29.7 Å². The summed E-state index contributed by atoms with van der Waals surface area (Å²) in [6.07, 6.45) is 4.10. The molecule has 2 heterocycles. The number of hydrogen-bond donors (Lipinski definition) is 1. The molecule has 2 N–H and O–H groups in total. The Morgan fingerprint density at radius 2 is 2.21 bits per heavy atom. The van der Waals surface area contributed by atoms with Crippen LogP contribution in [0.5, 0.6) is 11.6 Å². The van der Waals surface area contributed by atoms with Crippen LogP contribution in [0.15, 0.2) is 30.6 Å². The molecular formula is C14H15N3O2. The summed E-state index contributed by atoms with van der Waals surface area (Å²) in [6, 6.07) is 5.95. The predicted molar refractivity (Wildman–Crippen MR) is 71.2 cm³/mol. The molecule has 1 aromatic carbocycles. The third-order valence-electron chi connectivity index (χ3n) is 3.17. The fourth-order valence-electron chi connectivity index (χ4n) is 2.23. The van der Waals surface area contributed by atoms with Gasteiger partial charge < -0.3 is 15.2 Å². The van der Waals surface area contributed by atoms with Crippen molar-refractivity contribution in [3.05, 3.63) is 36.2 Å². The van der Waals surface area contributed by atoms with E-state index in [4.69, 9.17) is 15.2 Å². The number of nitrogens with two attached hydrogens (primary N) is 1. The number of nitrogens with zero attached hydrogens (tertiary/aromatic N) is 2. The summed E-state index contributed by atoms with van der Waals surface area (Å²) in [5, 5.41) is 0. The van der Waals surface area contributed by atoms with Gasteiger partial charge in [0.15, 0.2) is 0 Å². The SMILES string of the molecule is COc1cnc(-c2cccc3c2C[C@H](N)CO3)cn1. The van der Waals surface area contributed by atoms with Gasteiger partial charge in [0.2, 0.25) is 5.88 Å². The van der Waals surface area contributed by atoms with E-state index in [2.05, 4.69) is 9.97 Å². The molecule has 1 atom stereocenters. The Morgan fingerprint density at radius 3 is 2.95 bits per heavy atom. The highest BCUT2D eigenvalue weighted by molar-refractivity contribution is 5.67. The number of aromatic nitrogens is 2. The lowest BCUT2D eigenvalue weighted by molar-refractivity contribution is 0.264. The summed E-state index contributed by atoms with van der Waals surface area (Å²) in [5.41, 5.74) is 8.88. The molecule has 98 valence electrons. The molecule has 0 spiro atoms. The maximum absolute atomic E-state index is 5.96. The molecule has 0 unspecified atom stereocenters. The van der Waals surface area contributed by atoms with Crippen molar-refractivity contribution in [2.75, 3.05) is 13.7 Å². The Bertz CT molecular complexity index is 584. The topological polar surface area (TPSA) is 70.3 Å². The van der Waals surface area contributed by atoms with Crippen LogP contribution in [0.4, 0.5) is 0 Å². The van der Waals surface area contributed by atoms with Crippen LogP contribution in [-0.2, 0) is 6.42 Å². The van der Waals surface area contributed by atoms with Gasteiger partial charge in [-0.05, 0) is 12.5 Å². The molecule has 0 saturated carbocycles. The lowest BCUT2D eigenvalue weighted by Gasteiger charge is -2.24. The Morgan fingerprint density at radius 1 is 1.32 bits per heavy atom. The molecule has 0 amide bonds. The van der Waals surface area contributed by atoms with Crippen molar-refractivity contribution >= 4 is 0 Å². The summed E-state index contributed by atoms with van der Waals surface area (Å²) in [4.78, 5) is 8.55. The Kier molecular flexibility index (Phi) is 3.05. The van der Waals surface area contributed by atoms with Gasteiger partial charge in [-0.15, -0.1) is 0 Å². The third-order valence-corrected chi connectivity index (χ3v) is 3.17. The molecule has 0 fully saturated rings. The monoisotopic (exact) mass is 257 g/mol. The summed E-state index contributed by atoms with van der Waals surface area (Å²) < 4.78 is 10.7. The highest BCUT2D eigenvalue weighted by atomic mass is 16.5. The zero-order valence-electron chi connectivity index (χ0n) is 10.7. The minimum absolute atomic E-state index is 0.0276. The van der Waals surface area contributed by atoms with Crippen LogP contribution in [0, 0.1) is 0 Å². The molecule has 5 nitrogen and oxygen atoms in total. The van der Waals surface area contributed by atoms with E-state index in [9.17, 15) is 0 Å². The molecule has 2 aromatic rings. The molecule has 1 aromatic heterocycles. The van der Waals surface area contributed by atoms with E-state index in [1.54, 1.807) is 19.5 Å². The van der Waals surface area contributed by atoms with Crippen LogP contribution in [0.25, 0.3) is 11.3 Å². The first-order valence-electron chi connectivity index (χ1n) is 6.14. The van der Waals surface area contributed by atoms with E-state index in [0.717, 1.165) is 29.0 Å². The van der Waals surface area contributed by atoms with Crippen molar-refractivity contribution in [2.45, 2.75) is 12.5 Å². The molecule has 1 aliphatic heterocycles. The number of rotatable bonds is 2. The van der Waals surface area contributed by atoms with Gasteiger partial charge in [-0.3, -0.25) is 0 Å². The number of hydrogen-bond acceptors (Lipinski definition) is 5. The van der Waals surface area contributed by atoms with Gasteiger partial charge in [-0.2, -0.15) is 0 Å². The van der Waals surface area contributed by atoms with Gasteiger partial charge in [0.25, 0.3) is 0 Å². The maximum atomic E-state index is 5.96. The Hall–Kier alpha value is -2.14. The normalized spacial score (nSPS) is 17.5. The van der Waals surface area contributed by atoms with E-state index in [-0.39, 0.29) is 6.04 Å². The molecule has 0 bridgehead atoms. The third kappa shape index (κ3) is 2.24. The highest BCUT2D eigenvalue weighted by Crippen LogP contribution is 2.33. The highest BCUT2D eigenvalue weighted by Gasteiger charge is 2.20. The van der Waals surface area contributed by atoms with Crippen LogP contribution < -0.4 is 15.2 Å². The molecule has 0 radical (unpaired) electrons. The van der Waals surface area contributed by atoms with Gasteiger partial charge in [-0.25, -0.2) is 9.97 Å². The quantitative estimate of drug-likeness (QED) is 0.881. The summed E-state index contributed by atoms with van der Waals surface area (Å²) >= 11 is 0. The van der Waals surface area contributed by atoms with E-state index < -0.39 is 0 Å². The number of methoxy groups -OCH3 is 1. The maximum Gasteiger partial charge on any atom is 0.232 e. The van der Waals surface area contributed by atoms with E-state index >= 15 is 0 Å². The molecule has 5 heteroatoms. The zero-order valence-corrected chi connectivity index (χ0v) is 10.7. The van der Waals surface area contributed by atoms with Gasteiger partial charge in [-0.1, -0.05) is 12.1 Å². The molecule has 3 rings (SSSR count). The van der Waals surface area contributed by atoms with Crippen molar-refractivity contribution in [1.82, 2.24) is 9.97 Å². The van der Waals surface area contributed by atoms with E-state index in [1.165, 1.54) is 0 Å². The van der Waals surface area contributed by atoms with Gasteiger partial charge >= 0.3 is 0 Å². The predicted octanol–water partition coefficient (Wildman–Crippen LogP) is 1.41. The second-order valence-electron chi connectivity index (χ2n) is 4.50. The van der Waals surface area contributed by atoms with Crippen LogP contribution in [0.3, 0.4) is 0 Å². The zero-order chi connectivity index (χ0) is 13.2. The minimum atomic E-state index is 0.0276. The first-order chi connectivity index (χ1) is 9.28. The van der Waals surface area contributed by atoms with Crippen LogP contribution >= 0.6 is 0 Å². The summed E-state index contributed by atoms with van der Waals surface area (Å²) in [5.74, 6) is 1.39. The fraction of sp³-hybridized carbons (Fsp3) is 0.286. The summed E-state index contributed by atoms with van der Waals surface area (Å²) in [7, 11) is 1.57. The fourth-order valence-corrected chi connectivity index (χ4v) is 2.23. The minimum Gasteiger partial charge on any atom is -0.492 e. The second kappa shape index (κ2) is 4.85. The van der Waals surface area contributed by atoms with Crippen molar-refractivity contribution in [3.63, 3.8) is 0 Å². The van der Waals surface area contributed by atoms with Crippen molar-refractivity contribution in [2.24, 2.45) is 5.73 Å². The molecule has 0 saturated heterocycles. The van der Waals surface area contributed by atoms with Crippen molar-refractivity contribution in [3.8, 4) is 22.9 Å². The molecular weight excluding hydrogens is 242 g/mol. The number of benzene rings is 1. The van der Waals surface area contributed by atoms with Gasteiger partial charge in [0, 0.05) is 17.2 Å². The van der Waals surface area contributed by atoms with Gasteiger partial charge in [0.1, 0.15) is 12.4 Å². The Labute approximate surface area is 111 Å². The van der Waals surface area contributed by atoms with Crippen LogP contribution in [0.1, 0.15) is 5.56 Å². The lowest BCUT2D eigenvalue weighted by Crippen LogP contribution is -2.34. The number of fused-ring (bicyclic) bond motifs is 1. The largest absolute Gasteiger partial charge is 0.492 e. The average Bonchev–Trinajstić information content (AvgIpc) is 2.47. The van der Waals surface area contributed by atoms with Crippen molar-refractivity contribution < 1.29 is 9.47 Å². The summed E-state index contributed by atoms with van der Waals surface area (Å²) in [6.45, 7) is 0.560. The standard InChI is InChI=1S/C14H15N3O2/c1-18-14-7-16-12(6-17-14)10-3-2-4-13-11(10)5-9(15)8-19-13/h2-4,6-7,9H,5,8,15H2,1H3/t9-/m0/s1. The molecule has 19 heavy (non-hydrogen) atoms. The second-order valence-corrected chi connectivity index (χ2v) is 4.50. The average molecular weight is 257 g/mol. The Balaban J connectivity index is 2.04. The van der Waals surface area contributed by atoms with E-state index in [1.807, 2.05) is 18.2 Å². The van der Waals surface area contributed by atoms with Gasteiger partial charge in [0.05, 0.1) is 25.2 Å². The first-order valence-corrected chi connectivity index (χ1v) is 6.14.